The Morgan fingerprint density at radius 3 is 2.71 bits per heavy atom. The molecule has 6 rings (SSSR count). The van der Waals surface area contributed by atoms with Crippen molar-refractivity contribution in [2.45, 2.75) is 37.3 Å². The molecule has 178 valence electrons. The van der Waals surface area contributed by atoms with Crippen LogP contribution < -0.4 is 16.6 Å². The van der Waals surface area contributed by atoms with Crippen molar-refractivity contribution < 1.29 is 13.6 Å². The van der Waals surface area contributed by atoms with E-state index in [2.05, 4.69) is 25.6 Å². The van der Waals surface area contributed by atoms with E-state index in [0.717, 1.165) is 25.7 Å². The first-order chi connectivity index (χ1) is 16.8. The van der Waals surface area contributed by atoms with Crippen LogP contribution in [0.3, 0.4) is 0 Å². The molecule has 0 spiro atoms. The molecule has 3 atom stereocenters. The van der Waals surface area contributed by atoms with E-state index in [1.54, 1.807) is 10.7 Å². The van der Waals surface area contributed by atoms with E-state index in [4.69, 9.17) is 0 Å². The molecular formula is C24H20F2N6O3. The van der Waals surface area contributed by atoms with Gasteiger partial charge in [-0.2, -0.15) is 0 Å². The normalized spacial score (nSPS) is 23.1. The lowest BCUT2D eigenvalue weighted by Gasteiger charge is -2.35. The van der Waals surface area contributed by atoms with Gasteiger partial charge in [0.2, 0.25) is 0 Å². The average Bonchev–Trinajstić information content (AvgIpc) is 3.53. The molecule has 1 amide bonds. The first kappa shape index (κ1) is 21.4. The molecule has 2 aromatic carbocycles. The van der Waals surface area contributed by atoms with E-state index in [1.807, 2.05) is 0 Å². The van der Waals surface area contributed by atoms with Crippen LogP contribution in [-0.4, -0.2) is 36.4 Å². The minimum atomic E-state index is -0.722. The number of amides is 1. The lowest BCUT2D eigenvalue weighted by atomic mass is 9.88. The maximum Gasteiger partial charge on any atom is 0.326 e. The maximum atomic E-state index is 14.3. The Morgan fingerprint density at radius 2 is 1.94 bits per heavy atom. The van der Waals surface area contributed by atoms with Crippen LogP contribution in [0.5, 0.6) is 0 Å². The van der Waals surface area contributed by atoms with Crippen LogP contribution in [0.1, 0.15) is 42.1 Å². The Labute approximate surface area is 196 Å². The number of aromatic nitrogens is 5. The fourth-order valence-corrected chi connectivity index (χ4v) is 5.67. The van der Waals surface area contributed by atoms with Gasteiger partial charge in [-0.3, -0.25) is 14.6 Å². The molecule has 35 heavy (non-hydrogen) atoms. The molecule has 3 N–H and O–H groups in total. The number of rotatable bonds is 4. The Kier molecular flexibility index (Phi) is 4.70. The molecule has 0 aliphatic heterocycles. The second kappa shape index (κ2) is 7.69. The molecule has 9 nitrogen and oxygen atoms in total. The number of carbonyl (C=O) groups is 1. The van der Waals surface area contributed by atoms with E-state index < -0.39 is 28.4 Å². The Morgan fingerprint density at radius 1 is 1.14 bits per heavy atom. The molecule has 2 fully saturated rings. The number of nitrogens with one attached hydrogen (secondary N) is 3. The lowest BCUT2D eigenvalue weighted by molar-refractivity contribution is 0.0864. The fraction of sp³-hybridized carbons (Fsp3) is 0.292. The number of halogens is 2. The Balaban J connectivity index is 1.31. The van der Waals surface area contributed by atoms with Crippen LogP contribution in [0, 0.1) is 17.6 Å². The zero-order chi connectivity index (χ0) is 24.3. The van der Waals surface area contributed by atoms with Crippen LogP contribution in [0.25, 0.3) is 22.2 Å². The van der Waals surface area contributed by atoms with E-state index in [1.165, 1.54) is 36.5 Å². The molecule has 0 saturated heterocycles. The number of hydrogen-bond donors (Lipinski definition) is 3. The standard InChI is InChI=1S/C24H20F2N6O3/c25-15-2-1-3-16(26)20(15)18-11-32(31-30-18)19-8-12-6-7-24(19,10-12)29-21(33)13-4-5-17-14(9-13)22(34)28-23(35)27-17/h1-5,9,11-12,19H,6-8,10H2,(H,29,33)(H2,27,28,34,35). The SMILES string of the molecule is O=C(NC12CCC(CC1n1cc(-c3c(F)cccc3F)nn1)C2)c1ccc2[nH]c(=O)[nH]c(=O)c2c1. The largest absolute Gasteiger partial charge is 0.344 e. The summed E-state index contributed by atoms with van der Waals surface area (Å²) in [4.78, 5) is 41.6. The van der Waals surface area contributed by atoms with Gasteiger partial charge in [0.05, 0.1) is 34.2 Å². The van der Waals surface area contributed by atoms with Crippen LogP contribution in [0.4, 0.5) is 8.78 Å². The number of nitrogens with zero attached hydrogens (tertiary/aromatic N) is 3. The highest BCUT2D eigenvalue weighted by Crippen LogP contribution is 2.53. The summed E-state index contributed by atoms with van der Waals surface area (Å²) >= 11 is 0. The molecule has 2 aliphatic carbocycles. The van der Waals surface area contributed by atoms with Crippen molar-refractivity contribution in [1.82, 2.24) is 30.3 Å². The van der Waals surface area contributed by atoms with Crippen molar-refractivity contribution in [3.63, 3.8) is 0 Å². The molecule has 4 aromatic rings. The van der Waals surface area contributed by atoms with Crippen molar-refractivity contribution in [3.05, 3.63) is 80.6 Å². The van der Waals surface area contributed by atoms with Crippen LogP contribution in [0.15, 0.2) is 52.2 Å². The van der Waals surface area contributed by atoms with Gasteiger partial charge in [-0.1, -0.05) is 11.3 Å². The monoisotopic (exact) mass is 478 g/mol. The molecule has 2 heterocycles. The molecule has 3 unspecified atom stereocenters. The Hall–Kier alpha value is -4.15. The maximum absolute atomic E-state index is 14.3. The highest BCUT2D eigenvalue weighted by atomic mass is 19.1. The smallest absolute Gasteiger partial charge is 0.326 e. The van der Waals surface area contributed by atoms with Crippen molar-refractivity contribution >= 4 is 16.8 Å². The molecule has 2 aliphatic rings. The summed E-state index contributed by atoms with van der Waals surface area (Å²) in [5.74, 6) is -1.42. The van der Waals surface area contributed by atoms with Gasteiger partial charge in [0.15, 0.2) is 0 Å². The third-order valence-electron chi connectivity index (χ3n) is 7.26. The van der Waals surface area contributed by atoms with Crippen molar-refractivity contribution in [3.8, 4) is 11.3 Å². The predicted molar refractivity (Wildman–Crippen MR) is 122 cm³/mol. The van der Waals surface area contributed by atoms with Gasteiger partial charge in [-0.25, -0.2) is 18.3 Å². The number of hydrogen-bond acceptors (Lipinski definition) is 5. The van der Waals surface area contributed by atoms with Gasteiger partial charge >= 0.3 is 5.69 Å². The number of H-pyrrole nitrogens is 2. The molecule has 2 saturated carbocycles. The van der Waals surface area contributed by atoms with Gasteiger partial charge in [-0.05, 0) is 61.9 Å². The molecular weight excluding hydrogens is 458 g/mol. The van der Waals surface area contributed by atoms with Crippen LogP contribution in [-0.2, 0) is 0 Å². The van der Waals surface area contributed by atoms with Gasteiger partial charge in [0.25, 0.3) is 11.5 Å². The first-order valence-corrected chi connectivity index (χ1v) is 11.3. The number of aromatic amines is 2. The summed E-state index contributed by atoms with van der Waals surface area (Å²) in [5, 5.41) is 11.5. The van der Waals surface area contributed by atoms with E-state index in [9.17, 15) is 23.2 Å². The number of fused-ring (bicyclic) bond motifs is 3. The number of benzene rings is 2. The summed E-state index contributed by atoms with van der Waals surface area (Å²) in [6.45, 7) is 0. The second-order valence-electron chi connectivity index (χ2n) is 9.32. The number of carbonyl (C=O) groups excluding carboxylic acids is 1. The fourth-order valence-electron chi connectivity index (χ4n) is 5.67. The van der Waals surface area contributed by atoms with Crippen molar-refractivity contribution in [2.24, 2.45) is 5.92 Å². The van der Waals surface area contributed by atoms with E-state index >= 15 is 0 Å². The topological polar surface area (TPSA) is 126 Å². The summed E-state index contributed by atoms with van der Waals surface area (Å²) in [7, 11) is 0. The predicted octanol–water partition coefficient (Wildman–Crippen LogP) is 2.67. The van der Waals surface area contributed by atoms with Gasteiger partial charge in [0.1, 0.15) is 17.3 Å². The summed E-state index contributed by atoms with van der Waals surface area (Å²) in [6, 6.07) is 7.91. The molecule has 2 bridgehead atoms. The van der Waals surface area contributed by atoms with Crippen LogP contribution >= 0.6 is 0 Å². The third-order valence-corrected chi connectivity index (χ3v) is 7.26. The molecule has 2 aromatic heterocycles. The highest BCUT2D eigenvalue weighted by molar-refractivity contribution is 5.98. The van der Waals surface area contributed by atoms with E-state index in [0.29, 0.717) is 11.4 Å². The summed E-state index contributed by atoms with van der Waals surface area (Å²) < 4.78 is 30.1. The zero-order valence-corrected chi connectivity index (χ0v) is 18.3. The lowest BCUT2D eigenvalue weighted by Crippen LogP contribution is -2.51. The summed E-state index contributed by atoms with van der Waals surface area (Å²) in [5.41, 5.74) is -1.33. The Bertz CT molecular complexity index is 1590. The highest BCUT2D eigenvalue weighted by Gasteiger charge is 2.54. The zero-order valence-electron chi connectivity index (χ0n) is 18.3. The molecule has 11 heteroatoms. The van der Waals surface area contributed by atoms with Gasteiger partial charge in [-0.15, -0.1) is 5.10 Å². The quantitative estimate of drug-likeness (QED) is 0.416. The summed E-state index contributed by atoms with van der Waals surface area (Å²) in [6.07, 6.45) is 4.68. The minimum Gasteiger partial charge on any atom is -0.344 e. The van der Waals surface area contributed by atoms with Crippen molar-refractivity contribution in [2.75, 3.05) is 0 Å². The van der Waals surface area contributed by atoms with Crippen LogP contribution in [0.2, 0.25) is 0 Å². The van der Waals surface area contributed by atoms with Gasteiger partial charge < -0.3 is 10.3 Å². The van der Waals surface area contributed by atoms with Gasteiger partial charge in [0, 0.05) is 5.56 Å². The second-order valence-corrected chi connectivity index (χ2v) is 9.32. The van der Waals surface area contributed by atoms with Crippen molar-refractivity contribution in [1.29, 1.82) is 0 Å². The first-order valence-electron chi connectivity index (χ1n) is 11.3. The third kappa shape index (κ3) is 3.46. The molecule has 0 radical (unpaired) electrons. The minimum absolute atomic E-state index is 0.0904. The average molecular weight is 478 g/mol. The van der Waals surface area contributed by atoms with E-state index in [-0.39, 0.29) is 34.2 Å².